The fourth-order valence-corrected chi connectivity index (χ4v) is 1.76. The number of benzene rings is 1. The molecule has 14 heavy (non-hydrogen) atoms. The summed E-state index contributed by atoms with van der Waals surface area (Å²) in [6.07, 6.45) is 2.22. The van der Waals surface area contributed by atoms with Crippen LogP contribution in [0.2, 0.25) is 0 Å². The number of methoxy groups -OCH3 is 1. The van der Waals surface area contributed by atoms with Crippen molar-refractivity contribution in [2.45, 2.75) is 25.0 Å². The van der Waals surface area contributed by atoms with Gasteiger partial charge in [-0.3, -0.25) is 4.84 Å². The zero-order chi connectivity index (χ0) is 10.0. The molecule has 0 bridgehead atoms. The lowest BCUT2D eigenvalue weighted by atomic mass is 10.0. The Labute approximate surface area is 83.8 Å². The number of nitrogens with two attached hydrogens (primary N) is 1. The summed E-state index contributed by atoms with van der Waals surface area (Å²) >= 11 is 0. The number of ether oxygens (including phenoxy) is 1. The third-order valence-corrected chi connectivity index (χ3v) is 2.80. The average Bonchev–Trinajstić information content (AvgIpc) is 2.99. The van der Waals surface area contributed by atoms with Crippen molar-refractivity contribution in [3.63, 3.8) is 0 Å². The molecule has 0 amide bonds. The first-order chi connectivity index (χ1) is 6.80. The molecule has 1 aliphatic carbocycles. The summed E-state index contributed by atoms with van der Waals surface area (Å²) in [5, 5.41) is 0. The zero-order valence-corrected chi connectivity index (χ0v) is 8.32. The Balaban J connectivity index is 2.22. The van der Waals surface area contributed by atoms with Crippen molar-refractivity contribution in [2.24, 2.45) is 5.90 Å². The lowest BCUT2D eigenvalue weighted by Crippen LogP contribution is -2.09. The van der Waals surface area contributed by atoms with Crippen LogP contribution in [0.25, 0.3) is 0 Å². The topological polar surface area (TPSA) is 44.5 Å². The second kappa shape index (κ2) is 3.69. The van der Waals surface area contributed by atoms with Crippen LogP contribution in [0.3, 0.4) is 0 Å². The number of hydrogen-bond donors (Lipinski definition) is 1. The minimum Gasteiger partial charge on any atom is -0.374 e. The molecular formula is C11H15NO2. The molecule has 2 N–H and O–H groups in total. The van der Waals surface area contributed by atoms with Crippen molar-refractivity contribution in [3.8, 4) is 0 Å². The van der Waals surface area contributed by atoms with E-state index in [1.807, 2.05) is 12.1 Å². The van der Waals surface area contributed by atoms with E-state index in [1.54, 1.807) is 7.11 Å². The highest BCUT2D eigenvalue weighted by atomic mass is 16.6. The molecule has 1 fully saturated rings. The smallest absolute Gasteiger partial charge is 0.0930 e. The van der Waals surface area contributed by atoms with E-state index in [0.29, 0.717) is 6.61 Å². The molecule has 76 valence electrons. The minimum atomic E-state index is -0.0232. The van der Waals surface area contributed by atoms with Gasteiger partial charge in [-0.1, -0.05) is 24.3 Å². The molecule has 1 aromatic rings. The summed E-state index contributed by atoms with van der Waals surface area (Å²) in [4.78, 5) is 4.61. The first-order valence-corrected chi connectivity index (χ1v) is 4.77. The van der Waals surface area contributed by atoms with Crippen LogP contribution < -0.4 is 5.90 Å². The molecule has 0 heterocycles. The van der Waals surface area contributed by atoms with Gasteiger partial charge in [-0.2, -0.15) is 0 Å². The molecule has 0 saturated heterocycles. The van der Waals surface area contributed by atoms with Crippen molar-refractivity contribution in [1.82, 2.24) is 0 Å². The molecule has 3 heteroatoms. The Morgan fingerprint density at radius 2 is 2.21 bits per heavy atom. The maximum Gasteiger partial charge on any atom is 0.0930 e. The Bertz CT molecular complexity index is 321. The quantitative estimate of drug-likeness (QED) is 0.740. The standard InChI is InChI=1S/C11H15NO2/c1-13-11(5-6-11)10-4-2-3-9(7-10)8-14-12/h2-4,7H,5-6,8,12H2,1H3. The Morgan fingerprint density at radius 3 is 2.79 bits per heavy atom. The van der Waals surface area contributed by atoms with Crippen LogP contribution in [0.4, 0.5) is 0 Å². The van der Waals surface area contributed by atoms with E-state index in [1.165, 1.54) is 5.56 Å². The third kappa shape index (κ3) is 1.66. The Hall–Kier alpha value is -0.900. The van der Waals surface area contributed by atoms with Gasteiger partial charge in [0, 0.05) is 7.11 Å². The largest absolute Gasteiger partial charge is 0.374 e. The van der Waals surface area contributed by atoms with Crippen LogP contribution in [-0.2, 0) is 21.8 Å². The predicted octanol–water partition coefficient (Wildman–Crippen LogP) is 1.71. The van der Waals surface area contributed by atoms with E-state index < -0.39 is 0 Å². The molecule has 1 aliphatic rings. The van der Waals surface area contributed by atoms with Crippen molar-refractivity contribution in [2.75, 3.05) is 7.11 Å². The molecule has 2 rings (SSSR count). The van der Waals surface area contributed by atoms with Crippen LogP contribution in [0, 0.1) is 0 Å². The van der Waals surface area contributed by atoms with Crippen molar-refractivity contribution < 1.29 is 9.57 Å². The molecule has 1 saturated carbocycles. The van der Waals surface area contributed by atoms with Gasteiger partial charge < -0.3 is 4.74 Å². The highest BCUT2D eigenvalue weighted by Gasteiger charge is 2.44. The fraction of sp³-hybridized carbons (Fsp3) is 0.455. The Kier molecular flexibility index (Phi) is 2.54. The molecule has 0 radical (unpaired) electrons. The summed E-state index contributed by atoms with van der Waals surface area (Å²) in [5.41, 5.74) is 2.30. The van der Waals surface area contributed by atoms with E-state index in [0.717, 1.165) is 18.4 Å². The van der Waals surface area contributed by atoms with Gasteiger partial charge in [0.2, 0.25) is 0 Å². The van der Waals surface area contributed by atoms with E-state index in [4.69, 9.17) is 10.6 Å². The lowest BCUT2D eigenvalue weighted by Gasteiger charge is -2.14. The maximum atomic E-state index is 5.50. The van der Waals surface area contributed by atoms with Crippen LogP contribution >= 0.6 is 0 Å². The molecule has 3 nitrogen and oxygen atoms in total. The van der Waals surface area contributed by atoms with Crippen molar-refractivity contribution in [3.05, 3.63) is 35.4 Å². The van der Waals surface area contributed by atoms with E-state index >= 15 is 0 Å². The molecule has 0 atom stereocenters. The molecule has 0 aromatic heterocycles. The zero-order valence-electron chi connectivity index (χ0n) is 8.32. The third-order valence-electron chi connectivity index (χ3n) is 2.80. The first kappa shape index (κ1) is 9.65. The minimum absolute atomic E-state index is 0.0232. The van der Waals surface area contributed by atoms with Gasteiger partial charge in [-0.25, -0.2) is 5.90 Å². The predicted molar refractivity (Wildman–Crippen MR) is 53.3 cm³/mol. The highest BCUT2D eigenvalue weighted by molar-refractivity contribution is 5.31. The second-order valence-electron chi connectivity index (χ2n) is 3.71. The normalized spacial score (nSPS) is 18.1. The van der Waals surface area contributed by atoms with Crippen LogP contribution in [0.15, 0.2) is 24.3 Å². The first-order valence-electron chi connectivity index (χ1n) is 4.77. The lowest BCUT2D eigenvalue weighted by molar-refractivity contribution is 0.0784. The molecule has 0 aliphatic heterocycles. The van der Waals surface area contributed by atoms with E-state index in [2.05, 4.69) is 17.0 Å². The van der Waals surface area contributed by atoms with E-state index in [9.17, 15) is 0 Å². The summed E-state index contributed by atoms with van der Waals surface area (Å²) in [7, 11) is 1.76. The van der Waals surface area contributed by atoms with Gasteiger partial charge in [-0.15, -0.1) is 0 Å². The van der Waals surface area contributed by atoms with Gasteiger partial charge in [0.15, 0.2) is 0 Å². The molecule has 0 unspecified atom stereocenters. The highest BCUT2D eigenvalue weighted by Crippen LogP contribution is 2.48. The van der Waals surface area contributed by atoms with Crippen LogP contribution in [0.1, 0.15) is 24.0 Å². The van der Waals surface area contributed by atoms with Gasteiger partial charge >= 0.3 is 0 Å². The van der Waals surface area contributed by atoms with Gasteiger partial charge in [0.05, 0.1) is 12.2 Å². The molecule has 0 spiro atoms. The summed E-state index contributed by atoms with van der Waals surface area (Å²) in [6, 6.07) is 8.21. The summed E-state index contributed by atoms with van der Waals surface area (Å²) in [5.74, 6) is 5.04. The molecular weight excluding hydrogens is 178 g/mol. The van der Waals surface area contributed by atoms with E-state index in [-0.39, 0.29) is 5.60 Å². The van der Waals surface area contributed by atoms with Crippen LogP contribution in [-0.4, -0.2) is 7.11 Å². The maximum absolute atomic E-state index is 5.50. The van der Waals surface area contributed by atoms with Gasteiger partial charge in [0.25, 0.3) is 0 Å². The monoisotopic (exact) mass is 193 g/mol. The van der Waals surface area contributed by atoms with Crippen LogP contribution in [0.5, 0.6) is 0 Å². The Morgan fingerprint density at radius 1 is 1.43 bits per heavy atom. The number of rotatable bonds is 4. The fourth-order valence-electron chi connectivity index (χ4n) is 1.76. The molecule has 1 aromatic carbocycles. The van der Waals surface area contributed by atoms with Gasteiger partial charge in [0.1, 0.15) is 0 Å². The van der Waals surface area contributed by atoms with Crippen molar-refractivity contribution in [1.29, 1.82) is 0 Å². The van der Waals surface area contributed by atoms with Gasteiger partial charge in [-0.05, 0) is 24.0 Å². The summed E-state index contributed by atoms with van der Waals surface area (Å²) < 4.78 is 5.50. The SMILES string of the molecule is COC1(c2cccc(CON)c2)CC1. The van der Waals surface area contributed by atoms with Crippen molar-refractivity contribution >= 4 is 0 Å². The summed E-state index contributed by atoms with van der Waals surface area (Å²) in [6.45, 7) is 0.452. The average molecular weight is 193 g/mol. The second-order valence-corrected chi connectivity index (χ2v) is 3.71. The number of hydrogen-bond acceptors (Lipinski definition) is 3.